The zero-order valence-electron chi connectivity index (χ0n) is 12.6. The van der Waals surface area contributed by atoms with Gasteiger partial charge in [-0.2, -0.15) is 0 Å². The van der Waals surface area contributed by atoms with Gasteiger partial charge in [0.05, 0.1) is 24.1 Å². The summed E-state index contributed by atoms with van der Waals surface area (Å²) in [4.78, 5) is 16.4. The van der Waals surface area contributed by atoms with Crippen molar-refractivity contribution in [1.82, 2.24) is 4.98 Å². The van der Waals surface area contributed by atoms with Crippen LogP contribution in [-0.4, -0.2) is 18.1 Å². The van der Waals surface area contributed by atoms with Crippen molar-refractivity contribution < 1.29 is 9.53 Å². The molecule has 0 amide bonds. The average Bonchev–Trinajstić information content (AvgIpc) is 2.88. The predicted molar refractivity (Wildman–Crippen MR) is 86.3 cm³/mol. The number of benzene rings is 1. The maximum atomic E-state index is 11.8. The van der Waals surface area contributed by atoms with E-state index in [9.17, 15) is 4.79 Å². The summed E-state index contributed by atoms with van der Waals surface area (Å²) in [6.45, 7) is 6.32. The Labute approximate surface area is 128 Å². The van der Waals surface area contributed by atoms with E-state index in [1.165, 1.54) is 18.4 Å². The average molecular weight is 305 g/mol. The number of methoxy groups -OCH3 is 1. The van der Waals surface area contributed by atoms with Gasteiger partial charge < -0.3 is 15.8 Å². The first-order chi connectivity index (χ1) is 9.81. The third-order valence-electron chi connectivity index (χ3n) is 2.96. The van der Waals surface area contributed by atoms with Crippen molar-refractivity contribution in [2.45, 2.75) is 26.2 Å². The Morgan fingerprint density at radius 2 is 2.10 bits per heavy atom. The van der Waals surface area contributed by atoms with E-state index < -0.39 is 5.97 Å². The molecule has 0 radical (unpaired) electrons. The second-order valence-corrected chi connectivity index (χ2v) is 6.57. The number of esters is 1. The van der Waals surface area contributed by atoms with Crippen LogP contribution in [0.3, 0.4) is 0 Å². The number of nitrogen functional groups attached to an aromatic ring is 1. The molecule has 1 heterocycles. The number of nitrogens with zero attached hydrogens (tertiary/aromatic N) is 1. The lowest BCUT2D eigenvalue weighted by Gasteiger charge is -2.14. The fraction of sp³-hybridized carbons (Fsp3) is 0.333. The number of nitrogens with one attached hydrogen (secondary N) is 1. The summed E-state index contributed by atoms with van der Waals surface area (Å²) in [6, 6.07) is 5.07. The molecule has 112 valence electrons. The smallest absolute Gasteiger partial charge is 0.340 e. The zero-order chi connectivity index (χ0) is 15.6. The van der Waals surface area contributed by atoms with Crippen LogP contribution in [0, 0.1) is 0 Å². The van der Waals surface area contributed by atoms with E-state index in [2.05, 4.69) is 31.1 Å². The van der Waals surface area contributed by atoms with E-state index in [1.807, 2.05) is 5.38 Å². The van der Waals surface area contributed by atoms with Gasteiger partial charge in [-0.25, -0.2) is 9.78 Å². The minimum absolute atomic E-state index is 0.0112. The SMILES string of the molecule is COC(=O)c1cc(N)ccc1Nc1nc(C(C)(C)C)cs1. The molecule has 1 aromatic heterocycles. The number of ether oxygens (including phenoxy) is 1. The Kier molecular flexibility index (Phi) is 4.18. The molecule has 0 saturated heterocycles. The third kappa shape index (κ3) is 3.52. The summed E-state index contributed by atoms with van der Waals surface area (Å²) in [5.41, 5.74) is 8.25. The molecule has 0 fully saturated rings. The Balaban J connectivity index is 2.31. The fourth-order valence-electron chi connectivity index (χ4n) is 1.74. The molecule has 2 rings (SSSR count). The first kappa shape index (κ1) is 15.3. The number of rotatable bonds is 3. The number of aromatic nitrogens is 1. The molecular formula is C15H19N3O2S. The highest BCUT2D eigenvalue weighted by molar-refractivity contribution is 7.13. The van der Waals surface area contributed by atoms with Gasteiger partial charge in [0.25, 0.3) is 0 Å². The van der Waals surface area contributed by atoms with E-state index in [0.717, 1.165) is 10.8 Å². The Bertz CT molecular complexity index is 659. The zero-order valence-corrected chi connectivity index (χ0v) is 13.4. The Hall–Kier alpha value is -2.08. The number of hydrogen-bond acceptors (Lipinski definition) is 6. The number of carbonyl (C=O) groups excluding carboxylic acids is 1. The molecule has 21 heavy (non-hydrogen) atoms. The number of anilines is 3. The first-order valence-corrected chi connectivity index (χ1v) is 7.40. The third-order valence-corrected chi connectivity index (χ3v) is 3.72. The molecular weight excluding hydrogens is 286 g/mol. The standard InChI is InChI=1S/C15H19N3O2S/c1-15(2,3)12-8-21-14(18-12)17-11-6-5-9(16)7-10(11)13(19)20-4/h5-8H,16H2,1-4H3,(H,17,18). The maximum absolute atomic E-state index is 11.8. The van der Waals surface area contributed by atoms with Gasteiger partial charge in [-0.05, 0) is 18.2 Å². The predicted octanol–water partition coefficient (Wildman–Crippen LogP) is 3.55. The van der Waals surface area contributed by atoms with Crippen molar-refractivity contribution in [3.63, 3.8) is 0 Å². The van der Waals surface area contributed by atoms with Crippen LogP contribution < -0.4 is 11.1 Å². The van der Waals surface area contributed by atoms with Crippen LogP contribution in [0.1, 0.15) is 36.8 Å². The number of nitrogens with two attached hydrogens (primary N) is 1. The first-order valence-electron chi connectivity index (χ1n) is 6.52. The van der Waals surface area contributed by atoms with Gasteiger partial charge in [-0.15, -0.1) is 11.3 Å². The van der Waals surface area contributed by atoms with Crippen molar-refractivity contribution >= 4 is 33.8 Å². The summed E-state index contributed by atoms with van der Waals surface area (Å²) in [5, 5.41) is 5.90. The highest BCUT2D eigenvalue weighted by Gasteiger charge is 2.18. The van der Waals surface area contributed by atoms with E-state index >= 15 is 0 Å². The Morgan fingerprint density at radius 1 is 1.38 bits per heavy atom. The minimum atomic E-state index is -0.433. The van der Waals surface area contributed by atoms with E-state index in [4.69, 9.17) is 10.5 Å². The lowest BCUT2D eigenvalue weighted by atomic mass is 9.93. The van der Waals surface area contributed by atoms with Crippen LogP contribution in [0.15, 0.2) is 23.6 Å². The van der Waals surface area contributed by atoms with Crippen LogP contribution in [0.5, 0.6) is 0 Å². The molecule has 1 aromatic carbocycles. The molecule has 2 aromatic rings. The number of thiazole rings is 1. The lowest BCUT2D eigenvalue weighted by molar-refractivity contribution is 0.0602. The van der Waals surface area contributed by atoms with Crippen LogP contribution in [0.25, 0.3) is 0 Å². The summed E-state index contributed by atoms with van der Waals surface area (Å²) in [6.07, 6.45) is 0. The molecule has 0 atom stereocenters. The highest BCUT2D eigenvalue weighted by Crippen LogP contribution is 2.30. The molecule has 0 spiro atoms. The van der Waals surface area contributed by atoms with Crippen LogP contribution in [0.4, 0.5) is 16.5 Å². The van der Waals surface area contributed by atoms with Crippen molar-refractivity contribution in [2.24, 2.45) is 0 Å². The molecule has 0 unspecified atom stereocenters. The van der Waals surface area contributed by atoms with Gasteiger partial charge in [0, 0.05) is 16.5 Å². The van der Waals surface area contributed by atoms with Gasteiger partial charge in [-0.3, -0.25) is 0 Å². The molecule has 0 saturated carbocycles. The van der Waals surface area contributed by atoms with Gasteiger partial charge in [0.2, 0.25) is 0 Å². The lowest BCUT2D eigenvalue weighted by Crippen LogP contribution is -2.11. The van der Waals surface area contributed by atoms with Crippen molar-refractivity contribution in [3.8, 4) is 0 Å². The topological polar surface area (TPSA) is 77.2 Å². The molecule has 0 aliphatic heterocycles. The number of carbonyl (C=O) groups is 1. The Morgan fingerprint density at radius 3 is 2.67 bits per heavy atom. The fourth-order valence-corrected chi connectivity index (χ4v) is 2.69. The van der Waals surface area contributed by atoms with E-state index in [0.29, 0.717) is 16.9 Å². The molecule has 6 heteroatoms. The highest BCUT2D eigenvalue weighted by atomic mass is 32.1. The van der Waals surface area contributed by atoms with Crippen molar-refractivity contribution in [2.75, 3.05) is 18.2 Å². The van der Waals surface area contributed by atoms with Gasteiger partial charge in [0.1, 0.15) is 0 Å². The van der Waals surface area contributed by atoms with Crippen LogP contribution in [0.2, 0.25) is 0 Å². The molecule has 5 nitrogen and oxygen atoms in total. The van der Waals surface area contributed by atoms with Gasteiger partial charge in [-0.1, -0.05) is 20.8 Å². The summed E-state index contributed by atoms with van der Waals surface area (Å²) in [7, 11) is 1.34. The summed E-state index contributed by atoms with van der Waals surface area (Å²) < 4.78 is 4.78. The van der Waals surface area contributed by atoms with Gasteiger partial charge >= 0.3 is 5.97 Å². The van der Waals surface area contributed by atoms with Gasteiger partial charge in [0.15, 0.2) is 5.13 Å². The quantitative estimate of drug-likeness (QED) is 0.670. The normalized spacial score (nSPS) is 11.2. The second kappa shape index (κ2) is 5.73. The summed E-state index contributed by atoms with van der Waals surface area (Å²) >= 11 is 1.50. The molecule has 0 aliphatic rings. The minimum Gasteiger partial charge on any atom is -0.465 e. The molecule has 0 bridgehead atoms. The van der Waals surface area contributed by atoms with Crippen LogP contribution in [-0.2, 0) is 10.2 Å². The second-order valence-electron chi connectivity index (χ2n) is 5.71. The summed E-state index contributed by atoms with van der Waals surface area (Å²) in [5.74, 6) is -0.433. The van der Waals surface area contributed by atoms with Crippen LogP contribution >= 0.6 is 11.3 Å². The molecule has 3 N–H and O–H groups in total. The monoisotopic (exact) mass is 305 g/mol. The molecule has 0 aliphatic carbocycles. The van der Waals surface area contributed by atoms with Crippen molar-refractivity contribution in [1.29, 1.82) is 0 Å². The largest absolute Gasteiger partial charge is 0.465 e. The van der Waals surface area contributed by atoms with E-state index in [1.54, 1.807) is 18.2 Å². The van der Waals surface area contributed by atoms with E-state index in [-0.39, 0.29) is 5.41 Å². The van der Waals surface area contributed by atoms with Crippen molar-refractivity contribution in [3.05, 3.63) is 34.8 Å². The number of hydrogen-bond donors (Lipinski definition) is 2. The maximum Gasteiger partial charge on any atom is 0.340 e.